The number of carbonyl (C=O) groups is 1. The molecule has 0 unspecified atom stereocenters. The maximum absolute atomic E-state index is 11.0. The van der Waals surface area contributed by atoms with Crippen molar-refractivity contribution in [1.82, 2.24) is 9.97 Å². The van der Waals surface area contributed by atoms with E-state index in [1.54, 1.807) is 6.07 Å². The smallest absolute Gasteiger partial charge is 0.335 e. The van der Waals surface area contributed by atoms with Gasteiger partial charge in [0, 0.05) is 4.47 Å². The number of aromatic carboxylic acids is 1. The van der Waals surface area contributed by atoms with Crippen molar-refractivity contribution in [3.63, 3.8) is 0 Å². The van der Waals surface area contributed by atoms with Crippen LogP contribution in [0.15, 0.2) is 53.3 Å². The van der Waals surface area contributed by atoms with Gasteiger partial charge in [0.1, 0.15) is 12.1 Å². The molecule has 1 heterocycles. The van der Waals surface area contributed by atoms with Gasteiger partial charge in [0.2, 0.25) is 5.88 Å². The highest BCUT2D eigenvalue weighted by atomic mass is 79.9. The summed E-state index contributed by atoms with van der Waals surface area (Å²) in [6.45, 7) is 0. The van der Waals surface area contributed by atoms with Gasteiger partial charge in [0.05, 0.1) is 16.5 Å². The van der Waals surface area contributed by atoms with Crippen molar-refractivity contribution < 1.29 is 14.6 Å². The van der Waals surface area contributed by atoms with Crippen LogP contribution in [0.1, 0.15) is 10.4 Å². The van der Waals surface area contributed by atoms with Crippen molar-refractivity contribution >= 4 is 32.8 Å². The molecule has 0 saturated carbocycles. The SMILES string of the molecule is O=C(O)c1ccc2c(Oc3cccc(Br)c3)ncnc2c1. The molecule has 104 valence electrons. The summed E-state index contributed by atoms with van der Waals surface area (Å²) < 4.78 is 6.64. The Kier molecular flexibility index (Phi) is 3.53. The molecule has 2 aromatic carbocycles. The highest BCUT2D eigenvalue weighted by molar-refractivity contribution is 9.10. The monoisotopic (exact) mass is 344 g/mol. The van der Waals surface area contributed by atoms with Gasteiger partial charge in [-0.05, 0) is 36.4 Å². The number of aromatic nitrogens is 2. The van der Waals surface area contributed by atoms with Crippen LogP contribution in [0.25, 0.3) is 10.9 Å². The fraction of sp³-hybridized carbons (Fsp3) is 0. The van der Waals surface area contributed by atoms with E-state index in [0.29, 0.717) is 22.5 Å². The summed E-state index contributed by atoms with van der Waals surface area (Å²) in [6, 6.07) is 12.0. The fourth-order valence-electron chi connectivity index (χ4n) is 1.89. The van der Waals surface area contributed by atoms with E-state index in [-0.39, 0.29) is 5.56 Å². The first-order valence-corrected chi connectivity index (χ1v) is 6.84. The normalized spacial score (nSPS) is 10.5. The number of halogens is 1. The lowest BCUT2D eigenvalue weighted by molar-refractivity contribution is 0.0697. The lowest BCUT2D eigenvalue weighted by atomic mass is 10.1. The number of nitrogens with zero attached hydrogens (tertiary/aromatic N) is 2. The first-order chi connectivity index (χ1) is 10.1. The highest BCUT2D eigenvalue weighted by Crippen LogP contribution is 2.28. The third kappa shape index (κ3) is 2.85. The molecule has 0 aliphatic heterocycles. The van der Waals surface area contributed by atoms with Gasteiger partial charge < -0.3 is 9.84 Å². The van der Waals surface area contributed by atoms with E-state index in [4.69, 9.17) is 9.84 Å². The third-order valence-electron chi connectivity index (χ3n) is 2.86. The number of hydrogen-bond acceptors (Lipinski definition) is 4. The second-order valence-corrected chi connectivity index (χ2v) is 5.19. The molecule has 0 amide bonds. The number of hydrogen-bond donors (Lipinski definition) is 1. The summed E-state index contributed by atoms with van der Waals surface area (Å²) in [5, 5.41) is 9.65. The van der Waals surface area contributed by atoms with E-state index >= 15 is 0 Å². The Hall–Kier alpha value is -2.47. The Morgan fingerprint density at radius 3 is 2.76 bits per heavy atom. The van der Waals surface area contributed by atoms with Gasteiger partial charge in [0.15, 0.2) is 0 Å². The van der Waals surface area contributed by atoms with Crippen molar-refractivity contribution in [1.29, 1.82) is 0 Å². The van der Waals surface area contributed by atoms with Crippen LogP contribution < -0.4 is 4.74 Å². The Morgan fingerprint density at radius 2 is 2.00 bits per heavy atom. The molecule has 3 aromatic rings. The molecule has 21 heavy (non-hydrogen) atoms. The van der Waals surface area contributed by atoms with Crippen LogP contribution >= 0.6 is 15.9 Å². The molecule has 1 N–H and O–H groups in total. The van der Waals surface area contributed by atoms with Crippen LogP contribution in [0.4, 0.5) is 0 Å². The summed E-state index contributed by atoms with van der Waals surface area (Å²) in [7, 11) is 0. The molecule has 0 bridgehead atoms. The zero-order chi connectivity index (χ0) is 14.8. The lowest BCUT2D eigenvalue weighted by Crippen LogP contribution is -1.97. The average molecular weight is 345 g/mol. The Bertz CT molecular complexity index is 836. The summed E-state index contributed by atoms with van der Waals surface area (Å²) >= 11 is 3.37. The van der Waals surface area contributed by atoms with E-state index in [1.165, 1.54) is 18.5 Å². The number of ether oxygens (including phenoxy) is 1. The van der Waals surface area contributed by atoms with Gasteiger partial charge in [0.25, 0.3) is 0 Å². The molecule has 1 aromatic heterocycles. The van der Waals surface area contributed by atoms with Crippen LogP contribution in [0.2, 0.25) is 0 Å². The number of fused-ring (bicyclic) bond motifs is 1. The maximum atomic E-state index is 11.0. The van der Waals surface area contributed by atoms with Crippen LogP contribution in [0, 0.1) is 0 Å². The van der Waals surface area contributed by atoms with E-state index in [9.17, 15) is 4.79 Å². The van der Waals surface area contributed by atoms with E-state index in [2.05, 4.69) is 25.9 Å². The summed E-state index contributed by atoms with van der Waals surface area (Å²) in [4.78, 5) is 19.2. The quantitative estimate of drug-likeness (QED) is 0.780. The van der Waals surface area contributed by atoms with E-state index < -0.39 is 5.97 Å². The minimum Gasteiger partial charge on any atom is -0.478 e. The van der Waals surface area contributed by atoms with Crippen LogP contribution in [-0.2, 0) is 0 Å². The zero-order valence-corrected chi connectivity index (χ0v) is 12.2. The summed E-state index contributed by atoms with van der Waals surface area (Å²) in [5.74, 6) is 0.0201. The molecule has 6 heteroatoms. The molecule has 0 spiro atoms. The minimum absolute atomic E-state index is 0.176. The Balaban J connectivity index is 2.05. The topological polar surface area (TPSA) is 72.3 Å². The maximum Gasteiger partial charge on any atom is 0.335 e. The molecule has 0 saturated heterocycles. The van der Waals surface area contributed by atoms with Gasteiger partial charge in [-0.25, -0.2) is 14.8 Å². The first-order valence-electron chi connectivity index (χ1n) is 6.05. The van der Waals surface area contributed by atoms with Crippen LogP contribution in [0.5, 0.6) is 11.6 Å². The van der Waals surface area contributed by atoms with Gasteiger partial charge >= 0.3 is 5.97 Å². The van der Waals surface area contributed by atoms with Crippen LogP contribution in [0.3, 0.4) is 0 Å². The standard InChI is InChI=1S/C15H9BrN2O3/c16-10-2-1-3-11(7-10)21-14-12-5-4-9(15(19)20)6-13(12)17-8-18-14/h1-8H,(H,19,20). The minimum atomic E-state index is -0.995. The Morgan fingerprint density at radius 1 is 1.14 bits per heavy atom. The molecule has 0 atom stereocenters. The Labute approximate surface area is 128 Å². The average Bonchev–Trinajstić information content (AvgIpc) is 2.47. The number of rotatable bonds is 3. The molecule has 3 rings (SSSR count). The van der Waals surface area contributed by atoms with Crippen molar-refractivity contribution in [2.75, 3.05) is 0 Å². The number of carboxylic acids is 1. The molecular weight excluding hydrogens is 336 g/mol. The fourth-order valence-corrected chi connectivity index (χ4v) is 2.27. The number of benzene rings is 2. The summed E-state index contributed by atoms with van der Waals surface area (Å²) in [6.07, 6.45) is 1.35. The predicted molar refractivity (Wildman–Crippen MR) is 80.7 cm³/mol. The highest BCUT2D eigenvalue weighted by Gasteiger charge is 2.10. The van der Waals surface area contributed by atoms with Crippen molar-refractivity contribution in [2.24, 2.45) is 0 Å². The van der Waals surface area contributed by atoms with Crippen molar-refractivity contribution in [3.05, 3.63) is 58.8 Å². The second kappa shape index (κ2) is 5.49. The van der Waals surface area contributed by atoms with Gasteiger partial charge in [-0.15, -0.1) is 0 Å². The van der Waals surface area contributed by atoms with Crippen molar-refractivity contribution in [3.8, 4) is 11.6 Å². The van der Waals surface area contributed by atoms with Gasteiger partial charge in [-0.2, -0.15) is 0 Å². The molecule has 0 radical (unpaired) electrons. The van der Waals surface area contributed by atoms with E-state index in [0.717, 1.165) is 4.47 Å². The molecule has 0 aliphatic rings. The second-order valence-electron chi connectivity index (χ2n) is 4.28. The van der Waals surface area contributed by atoms with Crippen LogP contribution in [-0.4, -0.2) is 21.0 Å². The third-order valence-corrected chi connectivity index (χ3v) is 3.35. The largest absolute Gasteiger partial charge is 0.478 e. The molecule has 5 nitrogen and oxygen atoms in total. The van der Waals surface area contributed by atoms with Gasteiger partial charge in [-0.3, -0.25) is 0 Å². The lowest BCUT2D eigenvalue weighted by Gasteiger charge is -2.08. The van der Waals surface area contributed by atoms with E-state index in [1.807, 2.05) is 24.3 Å². The summed E-state index contributed by atoms with van der Waals surface area (Å²) in [5.41, 5.74) is 0.699. The zero-order valence-electron chi connectivity index (χ0n) is 10.7. The molecule has 0 fully saturated rings. The number of carboxylic acid groups (broad SMARTS) is 1. The molecular formula is C15H9BrN2O3. The van der Waals surface area contributed by atoms with Crippen molar-refractivity contribution in [2.45, 2.75) is 0 Å². The molecule has 0 aliphatic carbocycles. The first kappa shape index (κ1) is 13.5. The predicted octanol–water partition coefficient (Wildman–Crippen LogP) is 3.88. The van der Waals surface area contributed by atoms with Gasteiger partial charge in [-0.1, -0.05) is 22.0 Å².